The highest BCUT2D eigenvalue weighted by Crippen LogP contribution is 2.38. The number of halogens is 1. The maximum Gasteiger partial charge on any atom is 0.286 e. The van der Waals surface area contributed by atoms with Crippen molar-refractivity contribution in [1.82, 2.24) is 0 Å². The number of nitrogens with two attached hydrogens (primary N) is 1. The van der Waals surface area contributed by atoms with Gasteiger partial charge in [-0.1, -0.05) is 29.3 Å². The van der Waals surface area contributed by atoms with E-state index in [1.807, 2.05) is 32.9 Å². The minimum Gasteiger partial charge on any atom is -0.490 e. The molecule has 30 heavy (non-hydrogen) atoms. The molecule has 2 aromatic carbocycles. The third-order valence-corrected chi connectivity index (χ3v) is 5.28. The second-order valence-electron chi connectivity index (χ2n) is 6.59. The summed E-state index contributed by atoms with van der Waals surface area (Å²) >= 11 is 7.56. The van der Waals surface area contributed by atoms with E-state index in [9.17, 15) is 4.79 Å². The number of hydrogen-bond donors (Lipinski definition) is 1. The quantitative estimate of drug-likeness (QED) is 0.465. The molecule has 0 aliphatic carbocycles. The lowest BCUT2D eigenvalue weighted by Gasteiger charge is -2.15. The third kappa shape index (κ3) is 5.49. The van der Waals surface area contributed by atoms with Crippen LogP contribution < -0.4 is 19.9 Å². The molecule has 1 amide bonds. The van der Waals surface area contributed by atoms with Crippen molar-refractivity contribution in [1.29, 1.82) is 0 Å². The topological polar surface area (TPSA) is 83.1 Å². The van der Waals surface area contributed by atoms with Crippen molar-refractivity contribution in [2.24, 2.45) is 10.7 Å². The highest BCUT2D eigenvalue weighted by atomic mass is 35.5. The zero-order valence-electron chi connectivity index (χ0n) is 17.0. The van der Waals surface area contributed by atoms with E-state index in [1.54, 1.807) is 18.2 Å². The zero-order chi connectivity index (χ0) is 21.7. The molecule has 2 aromatic rings. The first-order valence-corrected chi connectivity index (χ1v) is 10.6. The monoisotopic (exact) mass is 446 g/mol. The third-order valence-electron chi connectivity index (χ3n) is 4.18. The van der Waals surface area contributed by atoms with Gasteiger partial charge in [-0.25, -0.2) is 0 Å². The molecule has 0 bridgehead atoms. The van der Waals surface area contributed by atoms with Crippen LogP contribution in [0.2, 0.25) is 5.02 Å². The molecule has 1 aliphatic heterocycles. The van der Waals surface area contributed by atoms with Crippen LogP contribution in [0.4, 0.5) is 0 Å². The molecule has 0 saturated carbocycles. The number of carbonyl (C=O) groups is 1. The van der Waals surface area contributed by atoms with Crippen LogP contribution in [0, 0.1) is 13.8 Å². The number of thioether (sulfide) groups is 1. The van der Waals surface area contributed by atoms with E-state index in [2.05, 4.69) is 11.1 Å². The summed E-state index contributed by atoms with van der Waals surface area (Å²) in [6.07, 6.45) is 1.68. The van der Waals surface area contributed by atoms with Crippen molar-refractivity contribution < 1.29 is 19.0 Å². The first-order chi connectivity index (χ1) is 14.4. The Hall–Kier alpha value is -2.64. The molecule has 3 rings (SSSR count). The molecule has 8 heteroatoms. The van der Waals surface area contributed by atoms with E-state index in [0.717, 1.165) is 23.1 Å². The van der Waals surface area contributed by atoms with Gasteiger partial charge in [-0.3, -0.25) is 4.79 Å². The van der Waals surface area contributed by atoms with Crippen LogP contribution in [-0.2, 0) is 4.79 Å². The minimum absolute atomic E-state index is 0.228. The molecule has 1 heterocycles. The highest BCUT2D eigenvalue weighted by Gasteiger charge is 2.20. The van der Waals surface area contributed by atoms with Crippen molar-refractivity contribution in [3.63, 3.8) is 0 Å². The predicted molar refractivity (Wildman–Crippen MR) is 122 cm³/mol. The molecule has 1 aliphatic rings. The number of amides is 1. The molecule has 0 aromatic heterocycles. The Kier molecular flexibility index (Phi) is 7.29. The molecule has 0 fully saturated rings. The first-order valence-electron chi connectivity index (χ1n) is 9.44. The molecule has 158 valence electrons. The second-order valence-corrected chi connectivity index (χ2v) is 8.06. The standard InChI is InChI=1S/C22H23ClN2O4S/c1-4-27-18-11-15(12-19-21(26)25-22(24)30-19)10-16(23)20(18)29-8-7-28-17-6-5-13(2)9-14(17)3/h5-6,9-12H,4,7-8H2,1-3H3,(H2,24,25,26). The molecule has 6 nitrogen and oxygen atoms in total. The number of benzene rings is 2. The van der Waals surface area contributed by atoms with Crippen molar-refractivity contribution >= 4 is 40.5 Å². The van der Waals surface area contributed by atoms with E-state index < -0.39 is 0 Å². The number of amidine groups is 1. The zero-order valence-corrected chi connectivity index (χ0v) is 18.6. The van der Waals surface area contributed by atoms with E-state index >= 15 is 0 Å². The van der Waals surface area contributed by atoms with Gasteiger partial charge in [-0.2, -0.15) is 4.99 Å². The van der Waals surface area contributed by atoms with Crippen molar-refractivity contribution in [2.45, 2.75) is 20.8 Å². The predicted octanol–water partition coefficient (Wildman–Crippen LogP) is 4.74. The Bertz CT molecular complexity index is 1020. The number of hydrogen-bond acceptors (Lipinski definition) is 6. The number of rotatable bonds is 8. The summed E-state index contributed by atoms with van der Waals surface area (Å²) in [5, 5.41) is 0.606. The maximum atomic E-state index is 11.8. The van der Waals surface area contributed by atoms with E-state index in [-0.39, 0.29) is 11.1 Å². The summed E-state index contributed by atoms with van der Waals surface area (Å²) in [6, 6.07) is 9.50. The normalized spacial score (nSPS) is 14.7. The minimum atomic E-state index is -0.365. The SMILES string of the molecule is CCOc1cc(C=C2SC(N)=NC2=O)cc(Cl)c1OCCOc1ccc(C)cc1C. The van der Waals surface area contributed by atoms with Crippen LogP contribution in [0.1, 0.15) is 23.6 Å². The maximum absolute atomic E-state index is 11.8. The van der Waals surface area contributed by atoms with Crippen LogP contribution in [0.3, 0.4) is 0 Å². The van der Waals surface area contributed by atoms with E-state index in [4.69, 9.17) is 31.5 Å². The lowest BCUT2D eigenvalue weighted by molar-refractivity contribution is -0.113. The van der Waals surface area contributed by atoms with Crippen LogP contribution >= 0.6 is 23.4 Å². The van der Waals surface area contributed by atoms with E-state index in [0.29, 0.717) is 46.8 Å². The number of aliphatic imine (C=N–C) groups is 1. The van der Waals surface area contributed by atoms with Crippen molar-refractivity contribution in [3.05, 3.63) is 56.9 Å². The Morgan fingerprint density at radius 3 is 2.53 bits per heavy atom. The Labute approximate surface area is 185 Å². The van der Waals surface area contributed by atoms with Gasteiger partial charge in [0.1, 0.15) is 19.0 Å². The van der Waals surface area contributed by atoms with Gasteiger partial charge in [0.15, 0.2) is 16.7 Å². The summed E-state index contributed by atoms with van der Waals surface area (Å²) in [5.74, 6) is 1.39. The Morgan fingerprint density at radius 1 is 1.10 bits per heavy atom. The molecule has 0 atom stereocenters. The van der Waals surface area contributed by atoms with Gasteiger partial charge in [0, 0.05) is 0 Å². The van der Waals surface area contributed by atoms with Gasteiger partial charge in [0.05, 0.1) is 16.5 Å². The van der Waals surface area contributed by atoms with Crippen molar-refractivity contribution in [3.8, 4) is 17.2 Å². The van der Waals surface area contributed by atoms with Crippen LogP contribution in [0.25, 0.3) is 6.08 Å². The summed E-state index contributed by atoms with van der Waals surface area (Å²) in [5.41, 5.74) is 8.55. The lowest BCUT2D eigenvalue weighted by Crippen LogP contribution is -2.11. The van der Waals surface area contributed by atoms with Gasteiger partial charge in [-0.05, 0) is 67.9 Å². The molecule has 0 spiro atoms. The fourth-order valence-corrected chi connectivity index (χ4v) is 3.86. The molecule has 0 unspecified atom stereocenters. The Morgan fingerprint density at radius 2 is 1.87 bits per heavy atom. The van der Waals surface area contributed by atoms with Gasteiger partial charge in [0.2, 0.25) is 0 Å². The largest absolute Gasteiger partial charge is 0.490 e. The lowest BCUT2D eigenvalue weighted by atomic mass is 10.1. The van der Waals surface area contributed by atoms with Gasteiger partial charge < -0.3 is 19.9 Å². The highest BCUT2D eigenvalue weighted by molar-refractivity contribution is 8.18. The van der Waals surface area contributed by atoms with Crippen LogP contribution in [-0.4, -0.2) is 30.9 Å². The molecular weight excluding hydrogens is 424 g/mol. The van der Waals surface area contributed by atoms with Crippen LogP contribution in [0.15, 0.2) is 40.2 Å². The number of ether oxygens (including phenoxy) is 3. The summed E-state index contributed by atoms with van der Waals surface area (Å²) in [4.78, 5) is 16.0. The van der Waals surface area contributed by atoms with Gasteiger partial charge in [0.25, 0.3) is 5.91 Å². The fourth-order valence-electron chi connectivity index (χ4n) is 2.91. The van der Waals surface area contributed by atoms with Crippen molar-refractivity contribution in [2.75, 3.05) is 19.8 Å². The number of carbonyl (C=O) groups excluding carboxylic acids is 1. The first kappa shape index (κ1) is 22.1. The average Bonchev–Trinajstić information content (AvgIpc) is 2.99. The van der Waals surface area contributed by atoms with Gasteiger partial charge >= 0.3 is 0 Å². The molecule has 2 N–H and O–H groups in total. The second kappa shape index (κ2) is 9.91. The average molecular weight is 447 g/mol. The fraction of sp³-hybridized carbons (Fsp3) is 0.273. The number of aryl methyl sites for hydroxylation is 2. The molecular formula is C22H23ClN2O4S. The van der Waals surface area contributed by atoms with E-state index in [1.165, 1.54) is 5.56 Å². The summed E-state index contributed by atoms with van der Waals surface area (Å²) in [7, 11) is 0. The summed E-state index contributed by atoms with van der Waals surface area (Å²) in [6.45, 7) is 7.02. The van der Waals surface area contributed by atoms with Gasteiger partial charge in [-0.15, -0.1) is 0 Å². The summed E-state index contributed by atoms with van der Waals surface area (Å²) < 4.78 is 17.3. The smallest absolute Gasteiger partial charge is 0.286 e. The number of nitrogens with zero attached hydrogens (tertiary/aromatic N) is 1. The molecule has 0 radical (unpaired) electrons. The van der Waals surface area contributed by atoms with Crippen LogP contribution in [0.5, 0.6) is 17.2 Å². The Balaban J connectivity index is 1.69. The molecule has 0 saturated heterocycles.